The molecular formula is C38H39NO7S. The van der Waals surface area contributed by atoms with Crippen molar-refractivity contribution in [3.8, 4) is 45.1 Å². The van der Waals surface area contributed by atoms with Crippen molar-refractivity contribution in [2.24, 2.45) is 0 Å². The first-order chi connectivity index (χ1) is 23.0. The normalized spacial score (nSPS) is 11.1. The maximum atomic E-state index is 13.0. The predicted molar refractivity (Wildman–Crippen MR) is 187 cm³/mol. The smallest absolute Gasteiger partial charge is 0.203 e. The van der Waals surface area contributed by atoms with E-state index in [1.165, 1.54) is 32.1 Å². The Hall–Kier alpha value is -5.02. The monoisotopic (exact) mass is 653 g/mol. The van der Waals surface area contributed by atoms with Crippen LogP contribution in [-0.2, 0) is 0 Å². The van der Waals surface area contributed by atoms with Gasteiger partial charge in [-0.3, -0.25) is 4.79 Å². The molecule has 0 saturated carbocycles. The second-order valence-electron chi connectivity index (χ2n) is 10.6. The molecule has 4 aromatic carbocycles. The lowest BCUT2D eigenvalue weighted by atomic mass is 10.1. The molecule has 1 heterocycles. The molecule has 5 rings (SSSR count). The van der Waals surface area contributed by atoms with Crippen molar-refractivity contribution in [1.82, 2.24) is 4.98 Å². The second-order valence-corrected chi connectivity index (χ2v) is 11.7. The number of fused-ring (bicyclic) bond motifs is 1. The van der Waals surface area contributed by atoms with Gasteiger partial charge < -0.3 is 28.4 Å². The Balaban J connectivity index is 1.07. The molecular weight excluding hydrogens is 614 g/mol. The third-order valence-electron chi connectivity index (χ3n) is 7.50. The summed E-state index contributed by atoms with van der Waals surface area (Å²) in [6.07, 6.45) is 7.15. The van der Waals surface area contributed by atoms with Crippen molar-refractivity contribution >= 4 is 33.4 Å². The van der Waals surface area contributed by atoms with Crippen molar-refractivity contribution in [2.75, 3.05) is 41.7 Å². The summed E-state index contributed by atoms with van der Waals surface area (Å²) >= 11 is 1.69. The molecule has 0 amide bonds. The first-order valence-corrected chi connectivity index (χ1v) is 16.3. The maximum Gasteiger partial charge on any atom is 0.203 e. The molecule has 0 aliphatic carbocycles. The van der Waals surface area contributed by atoms with Gasteiger partial charge in [-0.15, -0.1) is 11.3 Å². The summed E-state index contributed by atoms with van der Waals surface area (Å²) < 4.78 is 34.9. The molecule has 0 aliphatic rings. The number of hydrogen-bond donors (Lipinski definition) is 0. The number of hydrogen-bond acceptors (Lipinski definition) is 9. The van der Waals surface area contributed by atoms with Crippen LogP contribution in [0.5, 0.6) is 34.5 Å². The maximum absolute atomic E-state index is 13.0. The number of allylic oxidation sites excluding steroid dienone is 1. The van der Waals surface area contributed by atoms with E-state index >= 15 is 0 Å². The number of thiazole rings is 1. The minimum absolute atomic E-state index is 0.201. The van der Waals surface area contributed by atoms with Gasteiger partial charge in [0.05, 0.1) is 51.9 Å². The fourth-order valence-electron chi connectivity index (χ4n) is 5.05. The van der Waals surface area contributed by atoms with Gasteiger partial charge in [0.2, 0.25) is 5.75 Å². The van der Waals surface area contributed by atoms with E-state index < -0.39 is 0 Å². The Bertz CT molecular complexity index is 1770. The van der Waals surface area contributed by atoms with Crippen LogP contribution in [0.15, 0.2) is 84.9 Å². The van der Waals surface area contributed by atoms with Crippen LogP contribution in [0.4, 0.5) is 0 Å². The van der Waals surface area contributed by atoms with Gasteiger partial charge >= 0.3 is 0 Å². The van der Waals surface area contributed by atoms with Gasteiger partial charge in [-0.05, 0) is 85.9 Å². The lowest BCUT2D eigenvalue weighted by Gasteiger charge is -2.13. The first kappa shape index (κ1) is 33.3. The number of methoxy groups -OCH3 is 4. The number of carbonyl (C=O) groups is 1. The minimum atomic E-state index is -0.201. The fourth-order valence-corrected chi connectivity index (χ4v) is 6.01. The number of benzene rings is 4. The van der Waals surface area contributed by atoms with Gasteiger partial charge in [0.1, 0.15) is 10.8 Å². The predicted octanol–water partition coefficient (Wildman–Crippen LogP) is 8.91. The first-order valence-electron chi connectivity index (χ1n) is 15.4. The van der Waals surface area contributed by atoms with Gasteiger partial charge in [0.25, 0.3) is 0 Å². The zero-order chi connectivity index (χ0) is 33.0. The standard InChI is InChI=1S/C38H39NO7S/c1-41-32-19-17-26(16-18-31(40)28-24-34(42-2)37(44-4)35(25-28)43-3)22-33(32)46-21-10-6-5-9-20-45-29-13-11-12-27(23-29)38-39-30-14-7-8-15-36(30)47-38/h7-8,11-19,22-25H,5-6,9-10,20-21H2,1-4H3/b18-16+. The average Bonchev–Trinajstić information content (AvgIpc) is 3.56. The molecule has 0 saturated heterocycles. The Kier molecular flexibility index (Phi) is 11.7. The van der Waals surface area contributed by atoms with Crippen molar-refractivity contribution in [3.63, 3.8) is 0 Å². The summed E-state index contributed by atoms with van der Waals surface area (Å²) in [5.41, 5.74) is 3.32. The van der Waals surface area contributed by atoms with Crippen LogP contribution in [0.25, 0.3) is 26.9 Å². The summed E-state index contributed by atoms with van der Waals surface area (Å²) in [4.78, 5) is 17.7. The van der Waals surface area contributed by atoms with Gasteiger partial charge in [-0.1, -0.05) is 36.4 Å². The molecule has 0 fully saturated rings. The van der Waals surface area contributed by atoms with Crippen LogP contribution in [0.2, 0.25) is 0 Å². The minimum Gasteiger partial charge on any atom is -0.494 e. The van der Waals surface area contributed by atoms with Crippen LogP contribution in [0.1, 0.15) is 41.6 Å². The van der Waals surface area contributed by atoms with Crippen molar-refractivity contribution in [1.29, 1.82) is 0 Å². The highest BCUT2D eigenvalue weighted by Gasteiger charge is 2.16. The van der Waals surface area contributed by atoms with Crippen LogP contribution < -0.4 is 28.4 Å². The molecule has 8 nitrogen and oxygen atoms in total. The Morgan fingerprint density at radius 1 is 0.702 bits per heavy atom. The third-order valence-corrected chi connectivity index (χ3v) is 8.59. The topological polar surface area (TPSA) is 85.3 Å². The molecule has 9 heteroatoms. The quantitative estimate of drug-likeness (QED) is 0.0559. The largest absolute Gasteiger partial charge is 0.494 e. The number of unbranched alkanes of at least 4 members (excludes halogenated alkanes) is 3. The lowest BCUT2D eigenvalue weighted by Crippen LogP contribution is -2.01. The van der Waals surface area contributed by atoms with E-state index in [2.05, 4.69) is 18.2 Å². The third kappa shape index (κ3) is 8.62. The second kappa shape index (κ2) is 16.5. The summed E-state index contributed by atoms with van der Waals surface area (Å²) in [6.45, 7) is 1.21. The van der Waals surface area contributed by atoms with Gasteiger partial charge in [0.15, 0.2) is 28.8 Å². The zero-order valence-corrected chi connectivity index (χ0v) is 27.9. The molecule has 0 N–H and O–H groups in total. The summed E-state index contributed by atoms with van der Waals surface area (Å²) in [5.74, 6) is 3.20. The molecule has 0 atom stereocenters. The highest BCUT2D eigenvalue weighted by molar-refractivity contribution is 7.21. The van der Waals surface area contributed by atoms with Crippen LogP contribution in [-0.4, -0.2) is 52.4 Å². The highest BCUT2D eigenvalue weighted by atomic mass is 32.1. The average molecular weight is 654 g/mol. The molecule has 47 heavy (non-hydrogen) atoms. The van der Waals surface area contributed by atoms with E-state index in [1.807, 2.05) is 48.5 Å². The van der Waals surface area contributed by atoms with Gasteiger partial charge in [-0.2, -0.15) is 0 Å². The van der Waals surface area contributed by atoms with Crippen molar-refractivity contribution in [2.45, 2.75) is 25.7 Å². The Morgan fingerprint density at radius 3 is 2.13 bits per heavy atom. The number of para-hydroxylation sites is 1. The van der Waals surface area contributed by atoms with E-state index in [0.717, 1.165) is 53.1 Å². The molecule has 1 aromatic heterocycles. The highest BCUT2D eigenvalue weighted by Crippen LogP contribution is 2.38. The number of ether oxygens (including phenoxy) is 6. The molecule has 0 bridgehead atoms. The number of carbonyl (C=O) groups excluding carboxylic acids is 1. The molecule has 0 radical (unpaired) electrons. The Labute approximate surface area is 279 Å². The van der Waals surface area contributed by atoms with Crippen LogP contribution >= 0.6 is 11.3 Å². The lowest BCUT2D eigenvalue weighted by molar-refractivity contribution is 0.104. The molecule has 5 aromatic rings. The number of aromatic nitrogens is 1. The van der Waals surface area contributed by atoms with Crippen molar-refractivity contribution in [3.05, 3.63) is 96.1 Å². The van der Waals surface area contributed by atoms with Crippen LogP contribution in [0.3, 0.4) is 0 Å². The fraction of sp³-hybridized carbons (Fsp3) is 0.263. The van der Waals surface area contributed by atoms with E-state index in [0.29, 0.717) is 47.5 Å². The van der Waals surface area contributed by atoms with E-state index in [4.69, 9.17) is 33.4 Å². The van der Waals surface area contributed by atoms with Crippen LogP contribution in [0, 0.1) is 0 Å². The number of nitrogens with zero attached hydrogens (tertiary/aromatic N) is 1. The summed E-state index contributed by atoms with van der Waals surface area (Å²) in [6, 6.07) is 25.2. The summed E-state index contributed by atoms with van der Waals surface area (Å²) in [7, 11) is 6.16. The zero-order valence-electron chi connectivity index (χ0n) is 27.1. The van der Waals surface area contributed by atoms with Gasteiger partial charge in [0, 0.05) is 11.1 Å². The molecule has 244 valence electrons. The Morgan fingerprint density at radius 2 is 1.43 bits per heavy atom. The van der Waals surface area contributed by atoms with E-state index in [1.54, 1.807) is 36.7 Å². The summed E-state index contributed by atoms with van der Waals surface area (Å²) in [5, 5.41) is 0.999. The van der Waals surface area contributed by atoms with E-state index in [-0.39, 0.29) is 5.78 Å². The van der Waals surface area contributed by atoms with E-state index in [9.17, 15) is 4.79 Å². The number of ketones is 1. The molecule has 0 spiro atoms. The number of rotatable bonds is 17. The van der Waals surface area contributed by atoms with Crippen molar-refractivity contribution < 1.29 is 33.2 Å². The SMILES string of the molecule is COc1ccc(/C=C/C(=O)c2cc(OC)c(OC)c(OC)c2)cc1OCCCCCCOc1cccc(-c2nc3ccccc3s2)c1. The molecule has 0 aliphatic heterocycles. The molecule has 0 unspecified atom stereocenters. The van der Waals surface area contributed by atoms with Gasteiger partial charge in [-0.25, -0.2) is 4.98 Å².